The predicted molar refractivity (Wildman–Crippen MR) is 102 cm³/mol. The Hall–Kier alpha value is -2.27. The van der Waals surface area contributed by atoms with E-state index in [0.717, 1.165) is 16.7 Å². The summed E-state index contributed by atoms with van der Waals surface area (Å²) in [5.41, 5.74) is 9.76. The minimum atomic E-state index is -3.54. The molecule has 0 aliphatic heterocycles. The molecule has 0 spiro atoms. The fourth-order valence-electron chi connectivity index (χ4n) is 2.23. The molecule has 128 valence electrons. The maximum atomic E-state index is 12.4. The van der Waals surface area contributed by atoms with Crippen LogP contribution in [0.3, 0.4) is 0 Å². The molecule has 0 aliphatic carbocycles. The molecular weight excluding hydrogens is 320 g/mol. The van der Waals surface area contributed by atoms with Crippen LogP contribution in [0.2, 0.25) is 0 Å². The van der Waals surface area contributed by atoms with Crippen LogP contribution in [0.15, 0.2) is 54.6 Å². The van der Waals surface area contributed by atoms with Crippen LogP contribution in [0.4, 0.5) is 11.4 Å². The Balaban J connectivity index is 2.46. The van der Waals surface area contributed by atoms with Crippen LogP contribution in [0.25, 0.3) is 5.57 Å². The number of sulfonamides is 1. The van der Waals surface area contributed by atoms with Crippen molar-refractivity contribution in [2.24, 2.45) is 0 Å². The molecule has 0 heterocycles. The number of nitrogens with two attached hydrogens (primary N) is 1. The van der Waals surface area contributed by atoms with Gasteiger partial charge in [-0.2, -0.15) is 0 Å². The third-order valence-electron chi connectivity index (χ3n) is 3.79. The van der Waals surface area contributed by atoms with Crippen LogP contribution in [-0.2, 0) is 10.0 Å². The van der Waals surface area contributed by atoms with Gasteiger partial charge in [-0.3, -0.25) is 4.72 Å². The SMILES string of the molecule is C/C=C(\c1ccccc1)c1ccc(N)c(NS(=O)(=O)C(C)(C)C)c1. The van der Waals surface area contributed by atoms with Crippen LogP contribution in [0, 0.1) is 0 Å². The smallest absolute Gasteiger partial charge is 0.237 e. The molecule has 0 saturated heterocycles. The van der Waals surface area contributed by atoms with Crippen molar-refractivity contribution < 1.29 is 8.42 Å². The topological polar surface area (TPSA) is 72.2 Å². The van der Waals surface area contributed by atoms with E-state index in [9.17, 15) is 8.42 Å². The maximum Gasteiger partial charge on any atom is 0.237 e. The average Bonchev–Trinajstić information content (AvgIpc) is 2.51. The number of nitrogens with one attached hydrogen (secondary N) is 1. The Morgan fingerprint density at radius 1 is 1.04 bits per heavy atom. The van der Waals surface area contributed by atoms with Crippen LogP contribution in [-0.4, -0.2) is 13.2 Å². The number of nitrogen functional groups attached to an aromatic ring is 1. The zero-order valence-corrected chi connectivity index (χ0v) is 15.3. The number of hydrogen-bond donors (Lipinski definition) is 2. The van der Waals surface area contributed by atoms with Crippen molar-refractivity contribution in [2.45, 2.75) is 32.4 Å². The molecule has 2 rings (SSSR count). The average molecular weight is 344 g/mol. The summed E-state index contributed by atoms with van der Waals surface area (Å²) in [5.74, 6) is 0. The monoisotopic (exact) mass is 344 g/mol. The standard InChI is InChI=1S/C19H24N2O2S/c1-5-16(14-9-7-6-8-10-14)15-11-12-17(20)18(13-15)21-24(22,23)19(2,3)4/h5-13,21H,20H2,1-4H3/b16-5+. The van der Waals surface area contributed by atoms with E-state index in [4.69, 9.17) is 5.73 Å². The van der Waals surface area contributed by atoms with Crippen molar-refractivity contribution in [3.05, 3.63) is 65.7 Å². The first-order valence-electron chi connectivity index (χ1n) is 7.79. The summed E-state index contributed by atoms with van der Waals surface area (Å²) in [4.78, 5) is 0. The molecule has 5 heteroatoms. The lowest BCUT2D eigenvalue weighted by atomic mass is 9.97. The minimum absolute atomic E-state index is 0.398. The number of hydrogen-bond acceptors (Lipinski definition) is 3. The second-order valence-corrected chi connectivity index (χ2v) is 9.02. The van der Waals surface area contributed by atoms with E-state index in [1.54, 1.807) is 32.9 Å². The normalized spacial score (nSPS) is 12.9. The van der Waals surface area contributed by atoms with Gasteiger partial charge in [0.25, 0.3) is 0 Å². The Kier molecular flexibility index (Phi) is 5.04. The molecule has 2 aromatic carbocycles. The molecule has 0 fully saturated rings. The van der Waals surface area contributed by atoms with E-state index in [1.807, 2.05) is 49.4 Å². The van der Waals surface area contributed by atoms with E-state index in [-0.39, 0.29) is 0 Å². The molecule has 2 aromatic rings. The summed E-state index contributed by atoms with van der Waals surface area (Å²) in [5, 5.41) is 0. The van der Waals surface area contributed by atoms with Crippen molar-refractivity contribution in [1.82, 2.24) is 0 Å². The van der Waals surface area contributed by atoms with Crippen molar-refractivity contribution >= 4 is 27.0 Å². The third-order valence-corrected chi connectivity index (χ3v) is 5.89. The molecule has 0 saturated carbocycles. The zero-order valence-electron chi connectivity index (χ0n) is 14.5. The second-order valence-electron chi connectivity index (χ2n) is 6.59. The molecule has 0 aromatic heterocycles. The van der Waals surface area contributed by atoms with E-state index < -0.39 is 14.8 Å². The highest BCUT2D eigenvalue weighted by Crippen LogP contribution is 2.30. The Labute approximate surface area is 144 Å². The molecular formula is C19H24N2O2S. The Morgan fingerprint density at radius 3 is 2.21 bits per heavy atom. The molecule has 4 nitrogen and oxygen atoms in total. The second kappa shape index (κ2) is 6.69. The Bertz CT molecular complexity index is 849. The number of benzene rings is 2. The summed E-state index contributed by atoms with van der Waals surface area (Å²) in [6.07, 6.45) is 2.00. The van der Waals surface area contributed by atoms with Crippen LogP contribution in [0.1, 0.15) is 38.8 Å². The molecule has 3 N–H and O–H groups in total. The van der Waals surface area contributed by atoms with Crippen molar-refractivity contribution in [1.29, 1.82) is 0 Å². The van der Waals surface area contributed by atoms with Gasteiger partial charge in [0, 0.05) is 0 Å². The van der Waals surface area contributed by atoms with Gasteiger partial charge in [-0.1, -0.05) is 42.5 Å². The van der Waals surface area contributed by atoms with Crippen LogP contribution in [0.5, 0.6) is 0 Å². The molecule has 0 unspecified atom stereocenters. The van der Waals surface area contributed by atoms with Gasteiger partial charge in [-0.15, -0.1) is 0 Å². The van der Waals surface area contributed by atoms with Gasteiger partial charge in [0.2, 0.25) is 10.0 Å². The lowest BCUT2D eigenvalue weighted by Gasteiger charge is -2.21. The highest BCUT2D eigenvalue weighted by molar-refractivity contribution is 7.94. The van der Waals surface area contributed by atoms with Crippen LogP contribution >= 0.6 is 0 Å². The van der Waals surface area contributed by atoms with E-state index >= 15 is 0 Å². The lowest BCUT2D eigenvalue weighted by Crippen LogP contribution is -2.33. The fraction of sp³-hybridized carbons (Fsp3) is 0.263. The van der Waals surface area contributed by atoms with Gasteiger partial charge < -0.3 is 5.73 Å². The molecule has 0 atom stereocenters. The third kappa shape index (κ3) is 3.79. The Morgan fingerprint density at radius 2 is 1.67 bits per heavy atom. The summed E-state index contributed by atoms with van der Waals surface area (Å²) in [6.45, 7) is 6.90. The van der Waals surface area contributed by atoms with Crippen molar-refractivity contribution in [2.75, 3.05) is 10.5 Å². The van der Waals surface area contributed by atoms with Crippen molar-refractivity contribution in [3.63, 3.8) is 0 Å². The van der Waals surface area contributed by atoms with Gasteiger partial charge in [0.05, 0.1) is 16.1 Å². The molecule has 0 aliphatic rings. The number of rotatable bonds is 4. The summed E-state index contributed by atoms with van der Waals surface area (Å²) < 4.78 is 26.5. The first kappa shape index (κ1) is 18.1. The van der Waals surface area contributed by atoms with E-state index in [2.05, 4.69) is 4.72 Å². The number of allylic oxidation sites excluding steroid dienone is 1. The largest absolute Gasteiger partial charge is 0.397 e. The molecule has 0 bridgehead atoms. The summed E-state index contributed by atoms with van der Waals surface area (Å²) in [7, 11) is -3.54. The molecule has 0 radical (unpaired) electrons. The minimum Gasteiger partial charge on any atom is -0.397 e. The first-order chi connectivity index (χ1) is 11.2. The molecule has 0 amide bonds. The van der Waals surface area contributed by atoms with Gasteiger partial charge in [0.1, 0.15) is 0 Å². The quantitative estimate of drug-likeness (QED) is 0.814. The van der Waals surface area contributed by atoms with Gasteiger partial charge in [-0.25, -0.2) is 8.42 Å². The molecule has 24 heavy (non-hydrogen) atoms. The highest BCUT2D eigenvalue weighted by Gasteiger charge is 2.29. The van der Waals surface area contributed by atoms with Gasteiger partial charge >= 0.3 is 0 Å². The van der Waals surface area contributed by atoms with E-state index in [0.29, 0.717) is 11.4 Å². The summed E-state index contributed by atoms with van der Waals surface area (Å²) >= 11 is 0. The van der Waals surface area contributed by atoms with E-state index in [1.165, 1.54) is 0 Å². The number of anilines is 2. The lowest BCUT2D eigenvalue weighted by molar-refractivity contribution is 0.566. The zero-order chi connectivity index (χ0) is 18.0. The predicted octanol–water partition coefficient (Wildman–Crippen LogP) is 4.26. The van der Waals surface area contributed by atoms with Gasteiger partial charge in [0.15, 0.2) is 0 Å². The summed E-state index contributed by atoms with van der Waals surface area (Å²) in [6, 6.07) is 15.3. The van der Waals surface area contributed by atoms with Crippen LogP contribution < -0.4 is 10.5 Å². The highest BCUT2D eigenvalue weighted by atomic mass is 32.2. The maximum absolute atomic E-state index is 12.4. The van der Waals surface area contributed by atoms with Gasteiger partial charge in [-0.05, 0) is 56.5 Å². The first-order valence-corrected chi connectivity index (χ1v) is 9.28. The van der Waals surface area contributed by atoms with Crippen molar-refractivity contribution in [3.8, 4) is 0 Å². The fourth-order valence-corrected chi connectivity index (χ4v) is 3.00.